The van der Waals surface area contributed by atoms with E-state index < -0.39 is 0 Å². The topological polar surface area (TPSA) is 82.6 Å². The van der Waals surface area contributed by atoms with Crippen molar-refractivity contribution in [2.24, 2.45) is 0 Å². The van der Waals surface area contributed by atoms with Crippen molar-refractivity contribution in [1.82, 2.24) is 9.97 Å². The first-order valence-corrected chi connectivity index (χ1v) is 10.5. The third kappa shape index (κ3) is 5.54. The largest absolute Gasteiger partial charge is 0.480 e. The Hall–Kier alpha value is -4.19. The fourth-order valence-electron chi connectivity index (χ4n) is 3.21. The molecule has 162 valence electrons. The molecule has 0 amide bonds. The van der Waals surface area contributed by atoms with Crippen LogP contribution in [0.15, 0.2) is 72.8 Å². The van der Waals surface area contributed by atoms with Crippen LogP contribution in [0.2, 0.25) is 5.15 Å². The minimum atomic E-state index is 0.265. The first-order valence-electron chi connectivity index (χ1n) is 10.1. The van der Waals surface area contributed by atoms with Crippen LogP contribution in [0.3, 0.4) is 0 Å². The van der Waals surface area contributed by atoms with Gasteiger partial charge in [-0.05, 0) is 37.1 Å². The van der Waals surface area contributed by atoms with Gasteiger partial charge in [0.1, 0.15) is 22.9 Å². The van der Waals surface area contributed by atoms with Gasteiger partial charge in [-0.3, -0.25) is 0 Å². The van der Waals surface area contributed by atoms with Crippen molar-refractivity contribution < 1.29 is 4.74 Å². The minimum Gasteiger partial charge on any atom is -0.480 e. The Balaban J connectivity index is 0.000000186. The van der Waals surface area contributed by atoms with Gasteiger partial charge in [-0.25, -0.2) is 9.97 Å². The van der Waals surface area contributed by atoms with Crippen LogP contribution < -0.4 is 4.74 Å². The average molecular weight is 453 g/mol. The maximum Gasteiger partial charge on any atom is 0.232 e. The van der Waals surface area contributed by atoms with Crippen molar-refractivity contribution in [2.45, 2.75) is 13.8 Å². The lowest BCUT2D eigenvalue weighted by Gasteiger charge is -2.08. The Labute approximate surface area is 198 Å². The minimum absolute atomic E-state index is 0.265. The predicted octanol–water partition coefficient (Wildman–Crippen LogP) is 6.52. The quantitative estimate of drug-likeness (QED) is 0.330. The first-order chi connectivity index (χ1) is 16.0. The molecule has 0 aliphatic heterocycles. The molecule has 0 bridgehead atoms. The number of nitrogens with zero attached hydrogens (tertiary/aromatic N) is 4. The van der Waals surface area contributed by atoms with Gasteiger partial charge < -0.3 is 4.74 Å². The summed E-state index contributed by atoms with van der Waals surface area (Å²) in [5.41, 5.74) is 6.28. The molecule has 6 heteroatoms. The van der Waals surface area contributed by atoms with Gasteiger partial charge in [0.15, 0.2) is 0 Å². The van der Waals surface area contributed by atoms with Crippen molar-refractivity contribution in [3.05, 3.63) is 100 Å². The maximum absolute atomic E-state index is 9.02. The van der Waals surface area contributed by atoms with Crippen LogP contribution in [0.1, 0.15) is 22.3 Å². The van der Waals surface area contributed by atoms with Crippen LogP contribution in [-0.2, 0) is 0 Å². The molecule has 2 aromatic carbocycles. The summed E-state index contributed by atoms with van der Waals surface area (Å²) >= 11 is 5.95. The number of hydrogen-bond acceptors (Lipinski definition) is 5. The number of nitriles is 2. The summed E-state index contributed by atoms with van der Waals surface area (Å²) in [6, 6.07) is 27.5. The first kappa shape index (κ1) is 23.5. The lowest BCUT2D eigenvalue weighted by molar-refractivity contribution is 0.396. The molecule has 0 N–H and O–H groups in total. The number of ether oxygens (including phenoxy) is 1. The number of halogens is 1. The van der Waals surface area contributed by atoms with E-state index in [-0.39, 0.29) is 5.15 Å². The fourth-order valence-corrected chi connectivity index (χ4v) is 3.49. The number of pyridine rings is 2. The van der Waals surface area contributed by atoms with Gasteiger partial charge in [0.2, 0.25) is 5.88 Å². The van der Waals surface area contributed by atoms with Gasteiger partial charge in [-0.2, -0.15) is 10.5 Å². The summed E-state index contributed by atoms with van der Waals surface area (Å²) in [6.45, 7) is 3.74. The number of hydrogen-bond donors (Lipinski definition) is 0. The maximum atomic E-state index is 9.02. The Morgan fingerprint density at radius 1 is 0.727 bits per heavy atom. The molecule has 0 aliphatic rings. The van der Waals surface area contributed by atoms with Gasteiger partial charge in [0, 0.05) is 11.1 Å². The van der Waals surface area contributed by atoms with Crippen molar-refractivity contribution in [3.8, 4) is 40.5 Å². The number of rotatable bonds is 3. The van der Waals surface area contributed by atoms with E-state index in [0.29, 0.717) is 17.0 Å². The molecule has 0 fully saturated rings. The Bertz CT molecular complexity index is 1320. The number of aromatic nitrogens is 2. The molecule has 33 heavy (non-hydrogen) atoms. The van der Waals surface area contributed by atoms with Gasteiger partial charge in [0.05, 0.1) is 24.1 Å². The second-order valence-electron chi connectivity index (χ2n) is 7.15. The summed E-state index contributed by atoms with van der Waals surface area (Å²) in [4.78, 5) is 8.57. The van der Waals surface area contributed by atoms with Gasteiger partial charge in [0.25, 0.3) is 0 Å². The highest BCUT2D eigenvalue weighted by atomic mass is 35.5. The molecule has 0 saturated heterocycles. The lowest BCUT2D eigenvalue weighted by Crippen LogP contribution is -1.97. The lowest BCUT2D eigenvalue weighted by atomic mass is 10.1. The predicted molar refractivity (Wildman–Crippen MR) is 130 cm³/mol. The van der Waals surface area contributed by atoms with E-state index in [1.54, 1.807) is 0 Å². The summed E-state index contributed by atoms with van der Waals surface area (Å²) in [7, 11) is 1.53. The molecular weight excluding hydrogens is 432 g/mol. The molecule has 2 heterocycles. The summed E-state index contributed by atoms with van der Waals surface area (Å²) in [5, 5.41) is 18.2. The van der Waals surface area contributed by atoms with Crippen molar-refractivity contribution in [3.63, 3.8) is 0 Å². The molecule has 0 unspecified atom stereocenters. The van der Waals surface area contributed by atoms with Gasteiger partial charge >= 0.3 is 0 Å². The van der Waals surface area contributed by atoms with Crippen molar-refractivity contribution in [1.29, 1.82) is 10.5 Å². The number of methoxy groups -OCH3 is 1. The molecular formula is C27H21ClN4O. The molecule has 4 aromatic rings. The monoisotopic (exact) mass is 452 g/mol. The molecule has 0 atom stereocenters. The zero-order chi connectivity index (χ0) is 23.8. The normalized spacial score (nSPS) is 9.76. The Morgan fingerprint density at radius 3 is 1.61 bits per heavy atom. The Morgan fingerprint density at radius 2 is 1.18 bits per heavy atom. The van der Waals surface area contributed by atoms with Crippen LogP contribution in [-0.4, -0.2) is 17.1 Å². The highest BCUT2D eigenvalue weighted by molar-refractivity contribution is 6.30. The molecule has 2 aromatic heterocycles. The third-order valence-electron chi connectivity index (χ3n) is 4.91. The number of aryl methyl sites for hydroxylation is 2. The smallest absolute Gasteiger partial charge is 0.232 e. The van der Waals surface area contributed by atoms with E-state index in [1.807, 2.05) is 92.7 Å². The summed E-state index contributed by atoms with van der Waals surface area (Å²) in [6.07, 6.45) is 0. The van der Waals surface area contributed by atoms with Crippen LogP contribution in [0.25, 0.3) is 22.5 Å². The highest BCUT2D eigenvalue weighted by Gasteiger charge is 2.11. The zero-order valence-electron chi connectivity index (χ0n) is 18.5. The van der Waals surface area contributed by atoms with Gasteiger partial charge in [-0.15, -0.1) is 0 Å². The zero-order valence-corrected chi connectivity index (χ0v) is 19.3. The van der Waals surface area contributed by atoms with E-state index in [2.05, 4.69) is 16.0 Å². The summed E-state index contributed by atoms with van der Waals surface area (Å²) < 4.78 is 5.15. The second kappa shape index (κ2) is 10.9. The molecule has 0 spiro atoms. The third-order valence-corrected chi connectivity index (χ3v) is 5.19. The second-order valence-corrected chi connectivity index (χ2v) is 7.51. The average Bonchev–Trinajstić information content (AvgIpc) is 2.84. The van der Waals surface area contributed by atoms with Crippen LogP contribution >= 0.6 is 11.6 Å². The molecule has 0 saturated carbocycles. The van der Waals surface area contributed by atoms with E-state index >= 15 is 0 Å². The molecule has 4 rings (SSSR count). The SMILES string of the molecule is COc1nc(-c2ccccc2)cc(C)c1C#N.Cc1cc(-c2ccccc2)nc(Cl)c1C#N. The molecule has 5 nitrogen and oxygen atoms in total. The van der Waals surface area contributed by atoms with Crippen LogP contribution in [0.5, 0.6) is 5.88 Å². The fraction of sp³-hybridized carbons (Fsp3) is 0.111. The van der Waals surface area contributed by atoms with Crippen molar-refractivity contribution >= 4 is 11.6 Å². The standard InChI is InChI=1S/C14H12N2O.C13H9ClN2/c1-10-8-13(11-6-4-3-5-7-11)16-14(17-2)12(10)9-15;1-9-7-12(10-5-3-2-4-6-10)16-13(14)11(9)8-15/h3-8H,1-2H3;2-7H,1H3. The van der Waals surface area contributed by atoms with Crippen molar-refractivity contribution in [2.75, 3.05) is 7.11 Å². The Kier molecular flexibility index (Phi) is 7.76. The van der Waals surface area contributed by atoms with Crippen LogP contribution in [0.4, 0.5) is 0 Å². The van der Waals surface area contributed by atoms with E-state index in [0.717, 1.165) is 33.6 Å². The van der Waals surface area contributed by atoms with E-state index in [9.17, 15) is 0 Å². The number of benzene rings is 2. The van der Waals surface area contributed by atoms with E-state index in [4.69, 9.17) is 26.9 Å². The molecule has 0 radical (unpaired) electrons. The summed E-state index contributed by atoms with van der Waals surface area (Å²) in [5.74, 6) is 0.381. The highest BCUT2D eigenvalue weighted by Crippen LogP contribution is 2.26. The molecule has 0 aliphatic carbocycles. The van der Waals surface area contributed by atoms with Crippen LogP contribution in [0, 0.1) is 36.5 Å². The van der Waals surface area contributed by atoms with Gasteiger partial charge in [-0.1, -0.05) is 72.3 Å². The van der Waals surface area contributed by atoms with E-state index in [1.165, 1.54) is 7.11 Å².